The number of hydrogen-bond donors (Lipinski definition) is 2. The number of aromatic amines is 1. The number of nitrogens with zero attached hydrogens (tertiary/aromatic N) is 2. The van der Waals surface area contributed by atoms with Gasteiger partial charge < -0.3 is 14.9 Å². The van der Waals surface area contributed by atoms with E-state index in [1.54, 1.807) is 30.5 Å². The zero-order valence-corrected chi connectivity index (χ0v) is 14.3. The summed E-state index contributed by atoms with van der Waals surface area (Å²) in [5, 5.41) is 12.6. The Bertz CT molecular complexity index is 1060. The van der Waals surface area contributed by atoms with Crippen LogP contribution < -0.4 is 10.9 Å². The van der Waals surface area contributed by atoms with E-state index in [1.807, 2.05) is 31.4 Å². The molecule has 25 heavy (non-hydrogen) atoms. The molecule has 2 heterocycles. The molecule has 6 nitrogen and oxygen atoms in total. The van der Waals surface area contributed by atoms with Crippen LogP contribution in [0.1, 0.15) is 36.7 Å². The number of para-hydroxylation sites is 1. The van der Waals surface area contributed by atoms with E-state index in [2.05, 4.69) is 16.4 Å². The summed E-state index contributed by atoms with van der Waals surface area (Å²) in [5.74, 6) is 0.119. The van der Waals surface area contributed by atoms with Crippen molar-refractivity contribution in [3.05, 3.63) is 64.1 Å². The van der Waals surface area contributed by atoms with Gasteiger partial charge in [-0.1, -0.05) is 18.2 Å². The van der Waals surface area contributed by atoms with E-state index in [4.69, 9.17) is 5.26 Å². The molecule has 0 saturated carbocycles. The van der Waals surface area contributed by atoms with Crippen molar-refractivity contribution in [3.63, 3.8) is 0 Å². The number of amides is 1. The molecule has 2 aromatic heterocycles. The van der Waals surface area contributed by atoms with Crippen molar-refractivity contribution in [2.24, 2.45) is 0 Å². The molecular weight excluding hydrogens is 316 g/mol. The fraction of sp³-hybridized carbons (Fsp3) is 0.211. The third-order valence-corrected chi connectivity index (χ3v) is 3.91. The summed E-state index contributed by atoms with van der Waals surface area (Å²) < 4.78 is 1.83. The maximum Gasteiger partial charge on any atom is 0.257 e. The highest BCUT2D eigenvalue weighted by molar-refractivity contribution is 6.12. The maximum atomic E-state index is 12.8. The minimum Gasteiger partial charge on any atom is -0.328 e. The molecule has 0 aliphatic carbocycles. The van der Waals surface area contributed by atoms with Gasteiger partial charge in [-0.15, -0.1) is 0 Å². The Morgan fingerprint density at radius 3 is 2.64 bits per heavy atom. The molecule has 0 bridgehead atoms. The van der Waals surface area contributed by atoms with Crippen molar-refractivity contribution in [1.82, 2.24) is 9.55 Å². The molecule has 0 saturated heterocycles. The van der Waals surface area contributed by atoms with Crippen molar-refractivity contribution in [3.8, 4) is 6.07 Å². The van der Waals surface area contributed by atoms with Gasteiger partial charge in [0.25, 0.3) is 5.91 Å². The number of H-pyrrole nitrogens is 1. The first-order valence-corrected chi connectivity index (χ1v) is 7.86. The number of rotatable bonds is 2. The third-order valence-electron chi connectivity index (χ3n) is 3.91. The Balaban J connectivity index is 2.06. The van der Waals surface area contributed by atoms with E-state index in [9.17, 15) is 9.59 Å². The quantitative estimate of drug-likeness (QED) is 0.754. The Morgan fingerprint density at radius 1 is 1.24 bits per heavy atom. The fourth-order valence-corrected chi connectivity index (χ4v) is 2.75. The summed E-state index contributed by atoms with van der Waals surface area (Å²) in [6, 6.07) is 12.1. The highest BCUT2D eigenvalue weighted by atomic mass is 16.2. The molecule has 0 atom stereocenters. The lowest BCUT2D eigenvalue weighted by Crippen LogP contribution is -2.25. The van der Waals surface area contributed by atoms with Crippen LogP contribution in [0.2, 0.25) is 0 Å². The molecule has 2 N–H and O–H groups in total. The van der Waals surface area contributed by atoms with Gasteiger partial charge in [-0.05, 0) is 32.9 Å². The Morgan fingerprint density at radius 2 is 1.96 bits per heavy atom. The van der Waals surface area contributed by atoms with Gasteiger partial charge >= 0.3 is 0 Å². The smallest absolute Gasteiger partial charge is 0.257 e. The van der Waals surface area contributed by atoms with Crippen LogP contribution in [-0.4, -0.2) is 15.5 Å². The van der Waals surface area contributed by atoms with Crippen LogP contribution in [0, 0.1) is 11.3 Å². The van der Waals surface area contributed by atoms with Gasteiger partial charge in [0.15, 0.2) is 0 Å². The normalized spacial score (nSPS) is 11.3. The highest BCUT2D eigenvalue weighted by Gasteiger charge is 2.20. The van der Waals surface area contributed by atoms with Crippen LogP contribution in [0.25, 0.3) is 10.9 Å². The largest absolute Gasteiger partial charge is 0.328 e. The monoisotopic (exact) mass is 334 g/mol. The predicted molar refractivity (Wildman–Crippen MR) is 96.7 cm³/mol. The van der Waals surface area contributed by atoms with Crippen molar-refractivity contribution in [1.29, 1.82) is 5.26 Å². The zero-order chi connectivity index (χ0) is 18.2. The van der Waals surface area contributed by atoms with Crippen LogP contribution in [0.15, 0.2) is 47.4 Å². The second kappa shape index (κ2) is 5.95. The van der Waals surface area contributed by atoms with Gasteiger partial charge in [0.05, 0.1) is 11.1 Å². The second-order valence-corrected chi connectivity index (χ2v) is 6.81. The van der Waals surface area contributed by atoms with Crippen molar-refractivity contribution in [2.75, 3.05) is 5.32 Å². The van der Waals surface area contributed by atoms with E-state index in [-0.39, 0.29) is 11.1 Å². The molecule has 0 spiro atoms. The topological polar surface area (TPSA) is 90.7 Å². The molecular formula is C19H18N4O2. The number of pyridine rings is 1. The van der Waals surface area contributed by atoms with Gasteiger partial charge in [0, 0.05) is 28.7 Å². The maximum absolute atomic E-state index is 12.8. The zero-order valence-electron chi connectivity index (χ0n) is 14.3. The Hall–Kier alpha value is -3.33. The van der Waals surface area contributed by atoms with Crippen LogP contribution in [-0.2, 0) is 5.54 Å². The summed E-state index contributed by atoms with van der Waals surface area (Å²) in [4.78, 5) is 27.4. The molecule has 3 aromatic rings. The molecule has 0 fully saturated rings. The SMILES string of the molecule is CC(C)(C)n1cc(C#N)cc1NC(=O)c1cc(=O)[nH]c2ccccc12. The first-order valence-electron chi connectivity index (χ1n) is 7.86. The summed E-state index contributed by atoms with van der Waals surface area (Å²) in [5.41, 5.74) is 0.700. The van der Waals surface area contributed by atoms with Crippen LogP contribution in [0.3, 0.4) is 0 Å². The summed E-state index contributed by atoms with van der Waals surface area (Å²) >= 11 is 0. The van der Waals surface area contributed by atoms with E-state index in [0.717, 1.165) is 0 Å². The molecule has 0 aliphatic rings. The average Bonchev–Trinajstić information content (AvgIpc) is 2.97. The summed E-state index contributed by atoms with van der Waals surface area (Å²) in [6.45, 7) is 5.94. The van der Waals surface area contributed by atoms with Crippen molar-refractivity contribution >= 4 is 22.6 Å². The standard InChI is InChI=1S/C19H18N4O2/c1-19(2,3)23-11-12(10-20)8-16(23)22-18(25)14-9-17(24)21-15-7-5-4-6-13(14)15/h4-9,11H,1-3H3,(H,21,24)(H,22,25). The van der Waals surface area contributed by atoms with Gasteiger partial charge in [-0.2, -0.15) is 5.26 Å². The third kappa shape index (κ3) is 3.17. The Kier molecular flexibility index (Phi) is 3.93. The number of carbonyl (C=O) groups is 1. The first-order chi connectivity index (χ1) is 11.8. The summed E-state index contributed by atoms with van der Waals surface area (Å²) in [6.07, 6.45) is 1.70. The van der Waals surface area contributed by atoms with E-state index < -0.39 is 5.91 Å². The highest BCUT2D eigenvalue weighted by Crippen LogP contribution is 2.25. The van der Waals surface area contributed by atoms with E-state index >= 15 is 0 Å². The van der Waals surface area contributed by atoms with Crippen LogP contribution in [0.4, 0.5) is 5.82 Å². The molecule has 1 aromatic carbocycles. The number of fused-ring (bicyclic) bond motifs is 1. The molecule has 3 rings (SSSR count). The van der Waals surface area contributed by atoms with Gasteiger partial charge in [-0.3, -0.25) is 9.59 Å². The van der Waals surface area contributed by atoms with Crippen LogP contribution >= 0.6 is 0 Å². The number of aromatic nitrogens is 2. The molecule has 1 amide bonds. The second-order valence-electron chi connectivity index (χ2n) is 6.81. The number of nitrogens with one attached hydrogen (secondary N) is 2. The number of nitriles is 1. The van der Waals surface area contributed by atoms with Crippen molar-refractivity contribution < 1.29 is 4.79 Å². The lowest BCUT2D eigenvalue weighted by atomic mass is 10.1. The number of hydrogen-bond acceptors (Lipinski definition) is 3. The lowest BCUT2D eigenvalue weighted by Gasteiger charge is -2.24. The lowest BCUT2D eigenvalue weighted by molar-refractivity contribution is 0.102. The molecule has 6 heteroatoms. The molecule has 126 valence electrons. The van der Waals surface area contributed by atoms with Crippen LogP contribution in [0.5, 0.6) is 0 Å². The average molecular weight is 334 g/mol. The fourth-order valence-electron chi connectivity index (χ4n) is 2.75. The summed E-state index contributed by atoms with van der Waals surface area (Å²) in [7, 11) is 0. The first kappa shape index (κ1) is 16.5. The van der Waals surface area contributed by atoms with E-state index in [0.29, 0.717) is 27.8 Å². The minimum atomic E-state index is -0.393. The predicted octanol–water partition coefficient (Wildman–Crippen LogP) is 3.21. The van der Waals surface area contributed by atoms with Gasteiger partial charge in [0.2, 0.25) is 5.56 Å². The minimum absolute atomic E-state index is 0.291. The number of benzene rings is 1. The Labute approximate surface area is 144 Å². The number of anilines is 1. The van der Waals surface area contributed by atoms with Crippen molar-refractivity contribution in [2.45, 2.75) is 26.3 Å². The molecule has 0 unspecified atom stereocenters. The van der Waals surface area contributed by atoms with E-state index in [1.165, 1.54) is 6.07 Å². The molecule has 0 aliphatic heterocycles. The van der Waals surface area contributed by atoms with Gasteiger partial charge in [-0.25, -0.2) is 0 Å². The van der Waals surface area contributed by atoms with Gasteiger partial charge in [0.1, 0.15) is 11.9 Å². The molecule has 0 radical (unpaired) electrons. The number of carbonyl (C=O) groups excluding carboxylic acids is 1.